The van der Waals surface area contributed by atoms with E-state index in [9.17, 15) is 18.0 Å². The summed E-state index contributed by atoms with van der Waals surface area (Å²) in [6.45, 7) is 1.77. The van der Waals surface area contributed by atoms with Crippen molar-refractivity contribution >= 4 is 21.7 Å². The molecule has 1 fully saturated rings. The first-order valence-corrected chi connectivity index (χ1v) is 9.47. The molecule has 126 valence electrons. The van der Waals surface area contributed by atoms with Crippen LogP contribution in [0.5, 0.6) is 0 Å². The Morgan fingerprint density at radius 1 is 1.26 bits per heavy atom. The summed E-state index contributed by atoms with van der Waals surface area (Å²) in [5.41, 5.74) is 0.862. The van der Waals surface area contributed by atoms with Crippen LogP contribution in [0, 0.1) is 5.92 Å². The number of rotatable bonds is 6. The SMILES string of the molecule is CC(=O)N[C@@H](CC(=O)NC[C@H]1CCS(=O)(=O)C1)c1ccccc1. The zero-order valence-electron chi connectivity index (χ0n) is 13.1. The van der Waals surface area contributed by atoms with E-state index in [1.807, 2.05) is 30.3 Å². The summed E-state index contributed by atoms with van der Waals surface area (Å²) in [4.78, 5) is 23.5. The lowest BCUT2D eigenvalue weighted by Gasteiger charge is -2.18. The quantitative estimate of drug-likeness (QED) is 0.803. The molecule has 1 aliphatic rings. The minimum atomic E-state index is -2.93. The molecule has 0 aliphatic carbocycles. The largest absolute Gasteiger partial charge is 0.356 e. The van der Waals surface area contributed by atoms with Gasteiger partial charge in [-0.2, -0.15) is 0 Å². The number of benzene rings is 1. The molecule has 2 amide bonds. The maximum absolute atomic E-state index is 12.1. The van der Waals surface area contributed by atoms with Gasteiger partial charge in [0.05, 0.1) is 24.0 Å². The highest BCUT2D eigenvalue weighted by Gasteiger charge is 2.28. The first-order valence-electron chi connectivity index (χ1n) is 7.65. The van der Waals surface area contributed by atoms with Gasteiger partial charge in [0.1, 0.15) is 0 Å². The summed E-state index contributed by atoms with van der Waals surface area (Å²) < 4.78 is 22.8. The lowest BCUT2D eigenvalue weighted by Crippen LogP contribution is -2.35. The Morgan fingerprint density at radius 3 is 2.52 bits per heavy atom. The van der Waals surface area contributed by atoms with E-state index in [-0.39, 0.29) is 41.7 Å². The van der Waals surface area contributed by atoms with Crippen molar-refractivity contribution in [2.24, 2.45) is 5.92 Å². The highest BCUT2D eigenvalue weighted by Crippen LogP contribution is 2.19. The summed E-state index contributed by atoms with van der Waals surface area (Å²) in [6.07, 6.45) is 0.722. The van der Waals surface area contributed by atoms with E-state index in [0.29, 0.717) is 13.0 Å². The Balaban J connectivity index is 1.89. The van der Waals surface area contributed by atoms with Gasteiger partial charge in [0.2, 0.25) is 11.8 Å². The van der Waals surface area contributed by atoms with Gasteiger partial charge in [-0.15, -0.1) is 0 Å². The molecule has 2 N–H and O–H groups in total. The molecule has 2 atom stereocenters. The molecule has 6 nitrogen and oxygen atoms in total. The van der Waals surface area contributed by atoms with Crippen LogP contribution in [-0.4, -0.2) is 38.3 Å². The minimum absolute atomic E-state index is 0.0140. The maximum Gasteiger partial charge on any atom is 0.222 e. The number of carbonyl (C=O) groups is 2. The second-order valence-electron chi connectivity index (χ2n) is 5.94. The fourth-order valence-corrected chi connectivity index (χ4v) is 4.59. The first kappa shape index (κ1) is 17.5. The second kappa shape index (κ2) is 7.59. The molecule has 0 radical (unpaired) electrons. The number of sulfone groups is 1. The molecule has 0 aromatic heterocycles. The fraction of sp³-hybridized carbons (Fsp3) is 0.500. The van der Waals surface area contributed by atoms with Crippen molar-refractivity contribution in [3.63, 3.8) is 0 Å². The molecule has 1 aliphatic heterocycles. The van der Waals surface area contributed by atoms with E-state index >= 15 is 0 Å². The van der Waals surface area contributed by atoms with Gasteiger partial charge in [-0.05, 0) is 17.9 Å². The van der Waals surface area contributed by atoms with Crippen molar-refractivity contribution in [3.05, 3.63) is 35.9 Å². The van der Waals surface area contributed by atoms with Gasteiger partial charge in [-0.3, -0.25) is 9.59 Å². The summed E-state index contributed by atoms with van der Waals surface area (Å²) >= 11 is 0. The molecule has 23 heavy (non-hydrogen) atoms. The highest BCUT2D eigenvalue weighted by atomic mass is 32.2. The second-order valence-corrected chi connectivity index (χ2v) is 8.17. The lowest BCUT2D eigenvalue weighted by molar-refractivity contribution is -0.122. The smallest absolute Gasteiger partial charge is 0.222 e. The monoisotopic (exact) mass is 338 g/mol. The van der Waals surface area contributed by atoms with E-state index in [1.54, 1.807) is 0 Å². The molecule has 0 spiro atoms. The number of amides is 2. The number of hydrogen-bond acceptors (Lipinski definition) is 4. The van der Waals surface area contributed by atoms with Crippen molar-refractivity contribution in [2.75, 3.05) is 18.1 Å². The van der Waals surface area contributed by atoms with E-state index in [0.717, 1.165) is 5.56 Å². The summed E-state index contributed by atoms with van der Waals surface area (Å²) in [6, 6.07) is 8.90. The van der Waals surface area contributed by atoms with Crippen LogP contribution in [0.25, 0.3) is 0 Å². The Bertz CT molecular complexity index is 658. The van der Waals surface area contributed by atoms with Crippen molar-refractivity contribution in [1.82, 2.24) is 10.6 Å². The molecule has 1 heterocycles. The number of nitrogens with one attached hydrogen (secondary N) is 2. The zero-order chi connectivity index (χ0) is 16.9. The predicted octanol–water partition coefficient (Wildman–Crippen LogP) is 0.805. The lowest BCUT2D eigenvalue weighted by atomic mass is 10.0. The Labute approximate surface area is 136 Å². The van der Waals surface area contributed by atoms with Gasteiger partial charge in [0.25, 0.3) is 0 Å². The normalized spacial score (nSPS) is 20.7. The highest BCUT2D eigenvalue weighted by molar-refractivity contribution is 7.91. The van der Waals surface area contributed by atoms with Gasteiger partial charge in [-0.1, -0.05) is 30.3 Å². The molecule has 0 bridgehead atoms. The fourth-order valence-electron chi connectivity index (χ4n) is 2.73. The predicted molar refractivity (Wildman–Crippen MR) is 87.4 cm³/mol. The van der Waals surface area contributed by atoms with Crippen molar-refractivity contribution < 1.29 is 18.0 Å². The van der Waals surface area contributed by atoms with Crippen LogP contribution >= 0.6 is 0 Å². The van der Waals surface area contributed by atoms with Crippen LogP contribution in [0.4, 0.5) is 0 Å². The van der Waals surface area contributed by atoms with Gasteiger partial charge in [0.15, 0.2) is 9.84 Å². The molecule has 1 aromatic rings. The van der Waals surface area contributed by atoms with E-state index in [4.69, 9.17) is 0 Å². The van der Waals surface area contributed by atoms with Gasteiger partial charge >= 0.3 is 0 Å². The van der Waals surface area contributed by atoms with Crippen molar-refractivity contribution in [2.45, 2.75) is 25.8 Å². The Kier molecular flexibility index (Phi) is 5.76. The molecule has 0 unspecified atom stereocenters. The Morgan fingerprint density at radius 2 is 1.96 bits per heavy atom. The van der Waals surface area contributed by atoms with Crippen LogP contribution < -0.4 is 10.6 Å². The molecule has 1 aromatic carbocycles. The van der Waals surface area contributed by atoms with Crippen LogP contribution in [0.3, 0.4) is 0 Å². The third-order valence-corrected chi connectivity index (χ3v) is 5.72. The average Bonchev–Trinajstić information content (AvgIpc) is 2.84. The van der Waals surface area contributed by atoms with Crippen LogP contribution in [0.2, 0.25) is 0 Å². The maximum atomic E-state index is 12.1. The van der Waals surface area contributed by atoms with Crippen LogP contribution in [0.15, 0.2) is 30.3 Å². The van der Waals surface area contributed by atoms with Crippen molar-refractivity contribution in [3.8, 4) is 0 Å². The summed E-state index contributed by atoms with van der Waals surface area (Å²) in [5.74, 6) is -0.0713. The topological polar surface area (TPSA) is 92.3 Å². The average molecular weight is 338 g/mol. The molecular formula is C16H22N2O4S. The third-order valence-electron chi connectivity index (χ3n) is 3.88. The summed E-state index contributed by atoms with van der Waals surface area (Å²) in [7, 11) is -2.93. The van der Waals surface area contributed by atoms with Crippen LogP contribution in [0.1, 0.15) is 31.4 Å². The van der Waals surface area contributed by atoms with E-state index in [1.165, 1.54) is 6.92 Å². The molecule has 7 heteroatoms. The third kappa shape index (κ3) is 5.67. The number of hydrogen-bond donors (Lipinski definition) is 2. The molecule has 2 rings (SSSR count). The van der Waals surface area contributed by atoms with Gasteiger partial charge < -0.3 is 10.6 Å². The zero-order valence-corrected chi connectivity index (χ0v) is 13.9. The Hall–Kier alpha value is -1.89. The van der Waals surface area contributed by atoms with Crippen molar-refractivity contribution in [1.29, 1.82) is 0 Å². The molecular weight excluding hydrogens is 316 g/mol. The first-order chi connectivity index (χ1) is 10.9. The van der Waals surface area contributed by atoms with Crippen LogP contribution in [-0.2, 0) is 19.4 Å². The number of carbonyl (C=O) groups excluding carboxylic acids is 2. The molecule has 0 saturated carbocycles. The van der Waals surface area contributed by atoms with Gasteiger partial charge in [0, 0.05) is 13.5 Å². The standard InChI is InChI=1S/C16H22N2O4S/c1-12(19)18-15(14-5-3-2-4-6-14)9-16(20)17-10-13-7-8-23(21,22)11-13/h2-6,13,15H,7-11H2,1H3,(H,17,20)(H,18,19)/t13-,15+/m1/s1. The van der Waals surface area contributed by atoms with E-state index in [2.05, 4.69) is 10.6 Å². The molecule has 1 saturated heterocycles. The minimum Gasteiger partial charge on any atom is -0.356 e. The summed E-state index contributed by atoms with van der Waals surface area (Å²) in [5, 5.41) is 5.55. The van der Waals surface area contributed by atoms with E-state index < -0.39 is 9.84 Å². The van der Waals surface area contributed by atoms with Gasteiger partial charge in [-0.25, -0.2) is 8.42 Å².